The first-order valence-corrected chi connectivity index (χ1v) is 6.63. The molecule has 0 aliphatic carbocycles. The molecular formula is C12H15BrN2O2S. The first kappa shape index (κ1) is 15.1. The van der Waals surface area contributed by atoms with Gasteiger partial charge >= 0.3 is 0 Å². The molecule has 18 heavy (non-hydrogen) atoms. The van der Waals surface area contributed by atoms with Crippen LogP contribution in [0.1, 0.15) is 18.4 Å². The molecule has 0 radical (unpaired) electrons. The molecule has 1 aromatic rings. The fraction of sp³-hybridized carbons (Fsp3) is 0.333. The van der Waals surface area contributed by atoms with Gasteiger partial charge in [-0.05, 0) is 24.6 Å². The Kier molecular flexibility index (Phi) is 6.24. The van der Waals surface area contributed by atoms with Crippen molar-refractivity contribution in [3.05, 3.63) is 28.2 Å². The zero-order valence-corrected chi connectivity index (χ0v) is 12.4. The summed E-state index contributed by atoms with van der Waals surface area (Å²) in [5.41, 5.74) is 6.90. The second-order valence-electron chi connectivity index (χ2n) is 3.70. The van der Waals surface area contributed by atoms with E-state index in [2.05, 4.69) is 21.2 Å². The molecule has 6 heteroatoms. The third-order valence-electron chi connectivity index (χ3n) is 2.27. The lowest BCUT2D eigenvalue weighted by Gasteiger charge is -2.10. The lowest BCUT2D eigenvalue weighted by molar-refractivity contribution is -0.116. The number of amides is 1. The average molecular weight is 331 g/mol. The Morgan fingerprint density at radius 1 is 1.56 bits per heavy atom. The monoisotopic (exact) mass is 330 g/mol. The Labute approximate surface area is 120 Å². The van der Waals surface area contributed by atoms with Crippen LogP contribution in [0.25, 0.3) is 0 Å². The summed E-state index contributed by atoms with van der Waals surface area (Å²) in [6, 6.07) is 5.38. The van der Waals surface area contributed by atoms with E-state index in [1.807, 2.05) is 6.07 Å². The Morgan fingerprint density at radius 2 is 2.28 bits per heavy atom. The summed E-state index contributed by atoms with van der Waals surface area (Å²) in [6.45, 7) is 0.565. The molecule has 98 valence electrons. The fourth-order valence-corrected chi connectivity index (χ4v) is 1.95. The van der Waals surface area contributed by atoms with E-state index in [1.165, 1.54) is 0 Å². The average Bonchev–Trinajstić information content (AvgIpc) is 2.31. The molecular weight excluding hydrogens is 316 g/mol. The minimum absolute atomic E-state index is 0.0770. The molecule has 1 aromatic carbocycles. The van der Waals surface area contributed by atoms with Crippen molar-refractivity contribution in [2.24, 2.45) is 5.73 Å². The van der Waals surface area contributed by atoms with E-state index in [1.54, 1.807) is 19.2 Å². The van der Waals surface area contributed by atoms with E-state index in [4.69, 9.17) is 22.7 Å². The molecule has 0 heterocycles. The topological polar surface area (TPSA) is 64.3 Å². The van der Waals surface area contributed by atoms with Crippen LogP contribution in [0.3, 0.4) is 0 Å². The molecule has 0 aromatic heterocycles. The van der Waals surface area contributed by atoms with E-state index < -0.39 is 0 Å². The maximum absolute atomic E-state index is 11.7. The lowest BCUT2D eigenvalue weighted by Crippen LogP contribution is -2.17. The van der Waals surface area contributed by atoms with Gasteiger partial charge in [0.25, 0.3) is 0 Å². The molecule has 0 unspecified atom stereocenters. The van der Waals surface area contributed by atoms with Gasteiger partial charge in [0.1, 0.15) is 4.99 Å². The zero-order valence-electron chi connectivity index (χ0n) is 10.0. The van der Waals surface area contributed by atoms with Crippen molar-refractivity contribution in [2.75, 3.05) is 19.0 Å². The van der Waals surface area contributed by atoms with Gasteiger partial charge in [-0.1, -0.05) is 28.1 Å². The van der Waals surface area contributed by atoms with Crippen molar-refractivity contribution in [3.8, 4) is 0 Å². The number of ether oxygens (including phenoxy) is 1. The fourth-order valence-electron chi connectivity index (χ4n) is 1.42. The number of nitrogens with one attached hydrogen (secondary N) is 1. The highest BCUT2D eigenvalue weighted by Crippen LogP contribution is 2.21. The van der Waals surface area contributed by atoms with Crippen LogP contribution in [0, 0.1) is 0 Å². The van der Waals surface area contributed by atoms with Gasteiger partial charge in [0.15, 0.2) is 0 Å². The Hall–Kier alpha value is -0.980. The molecule has 3 N–H and O–H groups in total. The number of hydrogen-bond acceptors (Lipinski definition) is 3. The molecule has 0 saturated carbocycles. The van der Waals surface area contributed by atoms with Crippen LogP contribution in [-0.4, -0.2) is 24.6 Å². The van der Waals surface area contributed by atoms with Crippen LogP contribution >= 0.6 is 28.1 Å². The van der Waals surface area contributed by atoms with Crippen molar-refractivity contribution in [3.63, 3.8) is 0 Å². The summed E-state index contributed by atoms with van der Waals surface area (Å²) in [4.78, 5) is 11.9. The van der Waals surface area contributed by atoms with Crippen molar-refractivity contribution in [1.29, 1.82) is 0 Å². The molecule has 0 aliphatic rings. The number of carbonyl (C=O) groups excluding carboxylic acids is 1. The largest absolute Gasteiger partial charge is 0.389 e. The molecule has 0 aliphatic heterocycles. The molecule has 0 atom stereocenters. The van der Waals surface area contributed by atoms with Crippen LogP contribution in [0.4, 0.5) is 5.69 Å². The highest BCUT2D eigenvalue weighted by molar-refractivity contribution is 9.10. The minimum atomic E-state index is -0.0770. The lowest BCUT2D eigenvalue weighted by atomic mass is 10.1. The van der Waals surface area contributed by atoms with Crippen LogP contribution in [-0.2, 0) is 9.53 Å². The van der Waals surface area contributed by atoms with Gasteiger partial charge in [-0.3, -0.25) is 4.79 Å². The van der Waals surface area contributed by atoms with E-state index in [-0.39, 0.29) is 10.9 Å². The summed E-state index contributed by atoms with van der Waals surface area (Å²) in [5.74, 6) is -0.0770. The smallest absolute Gasteiger partial charge is 0.224 e. The maximum atomic E-state index is 11.7. The molecule has 0 bridgehead atoms. The molecule has 0 saturated heterocycles. The number of anilines is 1. The Morgan fingerprint density at radius 3 is 2.89 bits per heavy atom. The van der Waals surface area contributed by atoms with E-state index >= 15 is 0 Å². The summed E-state index contributed by atoms with van der Waals surface area (Å²) in [7, 11) is 1.61. The normalized spacial score (nSPS) is 10.1. The van der Waals surface area contributed by atoms with E-state index in [0.29, 0.717) is 30.7 Å². The number of rotatable bonds is 6. The number of carbonyl (C=O) groups is 1. The van der Waals surface area contributed by atoms with Gasteiger partial charge in [0, 0.05) is 30.2 Å². The first-order chi connectivity index (χ1) is 8.54. The number of benzene rings is 1. The molecule has 0 fully saturated rings. The Bertz CT molecular complexity index is 452. The minimum Gasteiger partial charge on any atom is -0.389 e. The highest BCUT2D eigenvalue weighted by Gasteiger charge is 2.09. The summed E-state index contributed by atoms with van der Waals surface area (Å²) in [6.07, 6.45) is 1.09. The predicted octanol–water partition coefficient (Wildman–Crippen LogP) is 2.45. The van der Waals surface area contributed by atoms with Gasteiger partial charge in [-0.2, -0.15) is 0 Å². The predicted molar refractivity (Wildman–Crippen MR) is 79.8 cm³/mol. The first-order valence-electron chi connectivity index (χ1n) is 5.42. The zero-order chi connectivity index (χ0) is 13.5. The molecule has 4 nitrogen and oxygen atoms in total. The van der Waals surface area contributed by atoms with Crippen LogP contribution < -0.4 is 11.1 Å². The number of thiocarbonyl (C=S) groups is 1. The summed E-state index contributed by atoms with van der Waals surface area (Å²) >= 11 is 8.29. The van der Waals surface area contributed by atoms with Crippen molar-refractivity contribution in [1.82, 2.24) is 0 Å². The van der Waals surface area contributed by atoms with Gasteiger partial charge in [-0.25, -0.2) is 0 Å². The second-order valence-corrected chi connectivity index (χ2v) is 5.05. The van der Waals surface area contributed by atoms with Gasteiger partial charge in [-0.15, -0.1) is 0 Å². The SMILES string of the molecule is COCCCC(=O)Nc1ccc(Br)cc1C(N)=S. The van der Waals surface area contributed by atoms with Crippen LogP contribution in [0.15, 0.2) is 22.7 Å². The van der Waals surface area contributed by atoms with Gasteiger partial charge in [0.05, 0.1) is 5.69 Å². The van der Waals surface area contributed by atoms with E-state index in [0.717, 1.165) is 4.47 Å². The number of methoxy groups -OCH3 is 1. The summed E-state index contributed by atoms with van der Waals surface area (Å²) in [5, 5.41) is 2.80. The number of nitrogens with two attached hydrogens (primary N) is 1. The van der Waals surface area contributed by atoms with Crippen LogP contribution in [0.5, 0.6) is 0 Å². The highest BCUT2D eigenvalue weighted by atomic mass is 79.9. The second kappa shape index (κ2) is 7.45. The molecule has 1 rings (SSSR count). The number of hydrogen-bond donors (Lipinski definition) is 2. The quantitative estimate of drug-likeness (QED) is 0.621. The Balaban J connectivity index is 2.72. The van der Waals surface area contributed by atoms with Crippen molar-refractivity contribution < 1.29 is 9.53 Å². The standard InChI is InChI=1S/C12H15BrN2O2S/c1-17-6-2-3-11(16)15-10-5-4-8(13)7-9(10)12(14)18/h4-5,7H,2-3,6H2,1H3,(H2,14,18)(H,15,16). The molecule has 0 spiro atoms. The third kappa shape index (κ3) is 4.72. The van der Waals surface area contributed by atoms with Crippen LogP contribution in [0.2, 0.25) is 0 Å². The van der Waals surface area contributed by atoms with Gasteiger partial charge in [0.2, 0.25) is 5.91 Å². The van der Waals surface area contributed by atoms with E-state index in [9.17, 15) is 4.79 Å². The third-order valence-corrected chi connectivity index (χ3v) is 2.99. The van der Waals surface area contributed by atoms with Crippen molar-refractivity contribution in [2.45, 2.75) is 12.8 Å². The summed E-state index contributed by atoms with van der Waals surface area (Å²) < 4.78 is 5.76. The maximum Gasteiger partial charge on any atom is 0.224 e. The van der Waals surface area contributed by atoms with Gasteiger partial charge < -0.3 is 15.8 Å². The number of halogens is 1. The van der Waals surface area contributed by atoms with Crippen molar-refractivity contribution >= 4 is 44.7 Å². The molecule has 1 amide bonds.